The minimum Gasteiger partial charge on any atom is -0.497 e. The number of rotatable bonds is 11. The second kappa shape index (κ2) is 11.7. The first-order chi connectivity index (χ1) is 17.6. The van der Waals surface area contributed by atoms with E-state index in [9.17, 15) is 10.2 Å². The maximum Gasteiger partial charge on any atom is 0.196 e. The van der Waals surface area contributed by atoms with Crippen molar-refractivity contribution < 1.29 is 29.2 Å². The molecule has 0 aliphatic heterocycles. The Morgan fingerprint density at radius 3 is 2.00 bits per heavy atom. The normalized spacial score (nSPS) is 11.4. The van der Waals surface area contributed by atoms with Gasteiger partial charge in [0, 0.05) is 23.9 Å². The summed E-state index contributed by atoms with van der Waals surface area (Å²) in [4.78, 5) is 3.92. The summed E-state index contributed by atoms with van der Waals surface area (Å²) < 4.78 is 23.8. The third-order valence-electron chi connectivity index (χ3n) is 5.84. The Morgan fingerprint density at radius 2 is 1.42 bits per heavy atom. The van der Waals surface area contributed by atoms with Crippen molar-refractivity contribution in [2.24, 2.45) is 0 Å². The van der Waals surface area contributed by atoms with Crippen molar-refractivity contribution in [3.8, 4) is 17.2 Å². The van der Waals surface area contributed by atoms with Gasteiger partial charge in [0.15, 0.2) is 6.29 Å². The van der Waals surface area contributed by atoms with Gasteiger partial charge in [0.25, 0.3) is 0 Å². The van der Waals surface area contributed by atoms with Crippen molar-refractivity contribution in [1.29, 1.82) is 0 Å². The summed E-state index contributed by atoms with van der Waals surface area (Å²) in [6.07, 6.45) is -0.207. The molecular formula is C29H29NO6. The average molecular weight is 488 g/mol. The maximum atomic E-state index is 9.38. The molecule has 2 N–H and O–H groups in total. The Kier molecular flexibility index (Phi) is 8.17. The van der Waals surface area contributed by atoms with E-state index >= 15 is 0 Å². The standard InChI is InChI=1S/C29H29NO6/c1-33-23-13-14-25(27(20-23)34-2)29(21-9-5-3-6-10-21,22-11-7-4-8-12-22)36-18-17-35-24-15-16-30-26(19-24)28(31)32/h3-16,19-20,28,31-32H,17-18H2,1-2H3. The molecule has 0 spiro atoms. The van der Waals surface area contributed by atoms with Gasteiger partial charge in [-0.25, -0.2) is 0 Å². The van der Waals surface area contributed by atoms with E-state index in [1.54, 1.807) is 20.3 Å². The van der Waals surface area contributed by atoms with Crippen LogP contribution in [0.3, 0.4) is 0 Å². The van der Waals surface area contributed by atoms with Crippen molar-refractivity contribution >= 4 is 0 Å². The SMILES string of the molecule is COc1ccc(C(OCCOc2ccnc(C(O)O)c2)(c2ccccc2)c2ccccc2)c(OC)c1. The van der Waals surface area contributed by atoms with Crippen LogP contribution in [0, 0.1) is 0 Å². The van der Waals surface area contributed by atoms with E-state index in [1.807, 2.05) is 78.9 Å². The largest absolute Gasteiger partial charge is 0.497 e. The first-order valence-corrected chi connectivity index (χ1v) is 11.5. The minimum absolute atomic E-state index is 0.110. The monoisotopic (exact) mass is 487 g/mol. The molecule has 0 atom stereocenters. The van der Waals surface area contributed by atoms with Crippen molar-refractivity contribution in [2.45, 2.75) is 11.9 Å². The second-order valence-electron chi connectivity index (χ2n) is 7.97. The first-order valence-electron chi connectivity index (χ1n) is 11.5. The summed E-state index contributed by atoms with van der Waals surface area (Å²) >= 11 is 0. The van der Waals surface area contributed by atoms with Gasteiger partial charge in [-0.1, -0.05) is 60.7 Å². The summed E-state index contributed by atoms with van der Waals surface area (Å²) in [5.74, 6) is 1.76. The van der Waals surface area contributed by atoms with Crippen molar-refractivity contribution in [2.75, 3.05) is 27.4 Å². The molecule has 1 aromatic heterocycles. The average Bonchev–Trinajstić information content (AvgIpc) is 2.94. The molecule has 0 radical (unpaired) electrons. The lowest BCUT2D eigenvalue weighted by molar-refractivity contribution is -0.0460. The van der Waals surface area contributed by atoms with Gasteiger partial charge in [0.05, 0.1) is 26.5 Å². The van der Waals surface area contributed by atoms with Crippen LogP contribution in [0.1, 0.15) is 28.7 Å². The van der Waals surface area contributed by atoms with Crippen LogP contribution in [-0.2, 0) is 10.3 Å². The van der Waals surface area contributed by atoms with Crippen LogP contribution in [-0.4, -0.2) is 42.6 Å². The Labute approximate surface area is 210 Å². The number of hydrogen-bond acceptors (Lipinski definition) is 7. The number of aliphatic hydroxyl groups excluding tert-OH is 1. The van der Waals surface area contributed by atoms with E-state index in [0.717, 1.165) is 16.7 Å². The van der Waals surface area contributed by atoms with Crippen LogP contribution in [0.25, 0.3) is 0 Å². The van der Waals surface area contributed by atoms with E-state index in [0.29, 0.717) is 17.2 Å². The molecule has 7 heteroatoms. The van der Waals surface area contributed by atoms with E-state index in [1.165, 1.54) is 12.3 Å². The van der Waals surface area contributed by atoms with E-state index in [4.69, 9.17) is 18.9 Å². The minimum atomic E-state index is -1.67. The predicted molar refractivity (Wildman–Crippen MR) is 135 cm³/mol. The van der Waals surface area contributed by atoms with Gasteiger partial charge >= 0.3 is 0 Å². The Balaban J connectivity index is 1.73. The zero-order valence-electron chi connectivity index (χ0n) is 20.2. The first kappa shape index (κ1) is 25.2. The number of ether oxygens (including phenoxy) is 4. The molecular weight excluding hydrogens is 458 g/mol. The smallest absolute Gasteiger partial charge is 0.196 e. The van der Waals surface area contributed by atoms with Crippen LogP contribution >= 0.6 is 0 Å². The van der Waals surface area contributed by atoms with Crippen LogP contribution in [0.2, 0.25) is 0 Å². The van der Waals surface area contributed by atoms with Crippen molar-refractivity contribution in [3.63, 3.8) is 0 Å². The van der Waals surface area contributed by atoms with E-state index in [2.05, 4.69) is 4.98 Å². The van der Waals surface area contributed by atoms with Crippen LogP contribution < -0.4 is 14.2 Å². The molecule has 0 saturated heterocycles. The fraction of sp³-hybridized carbons (Fsp3) is 0.207. The molecule has 0 saturated carbocycles. The second-order valence-corrected chi connectivity index (χ2v) is 7.97. The lowest BCUT2D eigenvalue weighted by Crippen LogP contribution is -2.35. The molecule has 0 bridgehead atoms. The van der Waals surface area contributed by atoms with Gasteiger partial charge in [0.2, 0.25) is 0 Å². The highest BCUT2D eigenvalue weighted by Crippen LogP contribution is 2.45. The van der Waals surface area contributed by atoms with Crippen LogP contribution in [0.4, 0.5) is 0 Å². The third-order valence-corrected chi connectivity index (χ3v) is 5.84. The van der Waals surface area contributed by atoms with Crippen LogP contribution in [0.5, 0.6) is 17.2 Å². The predicted octanol–water partition coefficient (Wildman–Crippen LogP) is 4.47. The zero-order valence-corrected chi connectivity index (χ0v) is 20.2. The molecule has 4 rings (SSSR count). The summed E-state index contributed by atoms with van der Waals surface area (Å²) in [6.45, 7) is 0.434. The number of benzene rings is 3. The Morgan fingerprint density at radius 1 is 0.750 bits per heavy atom. The molecule has 0 amide bonds. The van der Waals surface area contributed by atoms with E-state index in [-0.39, 0.29) is 18.9 Å². The zero-order chi connectivity index (χ0) is 25.4. The maximum absolute atomic E-state index is 9.38. The molecule has 0 aliphatic carbocycles. The molecule has 1 heterocycles. The van der Waals surface area contributed by atoms with Crippen molar-refractivity contribution in [3.05, 3.63) is 120 Å². The number of methoxy groups -OCH3 is 2. The van der Waals surface area contributed by atoms with Gasteiger partial charge in [-0.15, -0.1) is 0 Å². The Hall–Kier alpha value is -3.91. The summed E-state index contributed by atoms with van der Waals surface area (Å²) in [7, 11) is 3.24. The molecule has 3 aromatic carbocycles. The molecule has 7 nitrogen and oxygen atoms in total. The Bertz CT molecular complexity index is 1210. The summed E-state index contributed by atoms with van der Waals surface area (Å²) in [6, 6.07) is 28.7. The topological polar surface area (TPSA) is 90.3 Å². The van der Waals surface area contributed by atoms with Gasteiger partial charge in [0.1, 0.15) is 29.5 Å². The number of hydrogen-bond donors (Lipinski definition) is 2. The number of aliphatic hydroxyl groups is 2. The van der Waals surface area contributed by atoms with Crippen molar-refractivity contribution in [1.82, 2.24) is 4.98 Å². The quantitative estimate of drug-likeness (QED) is 0.183. The summed E-state index contributed by atoms with van der Waals surface area (Å²) in [5, 5.41) is 18.8. The molecule has 36 heavy (non-hydrogen) atoms. The van der Waals surface area contributed by atoms with Gasteiger partial charge in [-0.2, -0.15) is 0 Å². The highest BCUT2D eigenvalue weighted by molar-refractivity contribution is 5.55. The molecule has 0 fully saturated rings. The number of aromatic nitrogens is 1. The van der Waals surface area contributed by atoms with Gasteiger partial charge in [-0.3, -0.25) is 4.98 Å². The van der Waals surface area contributed by atoms with Gasteiger partial charge < -0.3 is 29.2 Å². The number of pyridine rings is 1. The molecule has 4 aromatic rings. The highest BCUT2D eigenvalue weighted by atomic mass is 16.5. The molecule has 186 valence electrons. The number of nitrogens with zero attached hydrogens (tertiary/aromatic N) is 1. The molecule has 0 unspecified atom stereocenters. The third kappa shape index (κ3) is 5.33. The van der Waals surface area contributed by atoms with E-state index < -0.39 is 11.9 Å². The fourth-order valence-corrected chi connectivity index (χ4v) is 4.17. The lowest BCUT2D eigenvalue weighted by atomic mass is 9.79. The van der Waals surface area contributed by atoms with Gasteiger partial charge in [-0.05, 0) is 29.3 Å². The van der Waals surface area contributed by atoms with Crippen LogP contribution in [0.15, 0.2) is 97.2 Å². The lowest BCUT2D eigenvalue weighted by Gasteiger charge is -2.36. The fourth-order valence-electron chi connectivity index (χ4n) is 4.17. The molecule has 0 aliphatic rings. The highest BCUT2D eigenvalue weighted by Gasteiger charge is 2.40. The summed E-state index contributed by atoms with van der Waals surface area (Å²) in [5.41, 5.74) is 1.77.